The summed E-state index contributed by atoms with van der Waals surface area (Å²) in [6, 6.07) is 5.45. The van der Waals surface area contributed by atoms with Crippen molar-refractivity contribution in [3.8, 4) is 5.75 Å². The van der Waals surface area contributed by atoms with Crippen LogP contribution in [0.5, 0.6) is 5.75 Å². The Balaban J connectivity index is 2.16. The van der Waals surface area contributed by atoms with Gasteiger partial charge in [-0.3, -0.25) is 4.68 Å². The van der Waals surface area contributed by atoms with Crippen LogP contribution in [-0.2, 0) is 20.1 Å². The van der Waals surface area contributed by atoms with Gasteiger partial charge in [0.15, 0.2) is 0 Å². The van der Waals surface area contributed by atoms with E-state index in [0.29, 0.717) is 23.1 Å². The van der Waals surface area contributed by atoms with Crippen LogP contribution in [0.3, 0.4) is 0 Å². The van der Waals surface area contributed by atoms with Gasteiger partial charge in [-0.25, -0.2) is 0 Å². The number of ether oxygens (including phenoxy) is 1. The van der Waals surface area contributed by atoms with Crippen LogP contribution in [0.2, 0.25) is 5.02 Å². The van der Waals surface area contributed by atoms with Gasteiger partial charge >= 0.3 is 0 Å². The summed E-state index contributed by atoms with van der Waals surface area (Å²) in [6.07, 6.45) is 0.802. The van der Waals surface area contributed by atoms with Crippen LogP contribution >= 0.6 is 27.5 Å². The van der Waals surface area contributed by atoms with Crippen molar-refractivity contribution in [1.82, 2.24) is 9.78 Å². The molecule has 6 heteroatoms. The highest BCUT2D eigenvalue weighted by molar-refractivity contribution is 9.10. The maximum Gasteiger partial charge on any atom is 0.131 e. The molecule has 0 unspecified atom stereocenters. The zero-order valence-electron chi connectivity index (χ0n) is 10.8. The number of hydrogen-bond acceptors (Lipinski definition) is 3. The number of anilines is 1. The zero-order valence-corrected chi connectivity index (χ0v) is 13.1. The molecule has 0 amide bonds. The summed E-state index contributed by atoms with van der Waals surface area (Å²) in [5, 5.41) is 5.02. The summed E-state index contributed by atoms with van der Waals surface area (Å²) in [5.41, 5.74) is 8.15. The number of nitrogen functional groups attached to an aromatic ring is 1. The Bertz CT molecular complexity index is 578. The largest absolute Gasteiger partial charge is 0.487 e. The normalized spacial score (nSPS) is 10.7. The Morgan fingerprint density at radius 3 is 2.74 bits per heavy atom. The summed E-state index contributed by atoms with van der Waals surface area (Å²) < 4.78 is 8.35. The molecular weight excluding hydrogens is 330 g/mol. The molecule has 1 aromatic heterocycles. The fraction of sp³-hybridized carbons (Fsp3) is 0.308. The average Bonchev–Trinajstić information content (AvgIpc) is 2.61. The Kier molecular flexibility index (Phi) is 4.37. The minimum absolute atomic E-state index is 0.359. The molecule has 102 valence electrons. The molecule has 0 spiro atoms. The number of aryl methyl sites for hydroxylation is 2. The lowest BCUT2D eigenvalue weighted by molar-refractivity contribution is 0.295. The molecule has 0 fully saturated rings. The molecule has 1 heterocycles. The van der Waals surface area contributed by atoms with Gasteiger partial charge < -0.3 is 10.5 Å². The molecule has 4 nitrogen and oxygen atoms in total. The first-order chi connectivity index (χ1) is 9.01. The molecule has 0 aliphatic carbocycles. The highest BCUT2D eigenvalue weighted by atomic mass is 79.9. The molecule has 0 aliphatic heterocycles. The third kappa shape index (κ3) is 3.22. The second-order valence-electron chi connectivity index (χ2n) is 4.19. The summed E-state index contributed by atoms with van der Waals surface area (Å²) in [4.78, 5) is 0. The van der Waals surface area contributed by atoms with Crippen molar-refractivity contribution in [2.45, 2.75) is 20.0 Å². The quantitative estimate of drug-likeness (QED) is 0.863. The van der Waals surface area contributed by atoms with Crippen molar-refractivity contribution in [3.63, 3.8) is 0 Å². The lowest BCUT2D eigenvalue weighted by Gasteiger charge is -2.08. The summed E-state index contributed by atoms with van der Waals surface area (Å²) in [5.74, 6) is 0.696. The molecule has 19 heavy (non-hydrogen) atoms. The average molecular weight is 345 g/mol. The summed E-state index contributed by atoms with van der Waals surface area (Å²) in [6.45, 7) is 2.38. The minimum Gasteiger partial charge on any atom is -0.487 e. The molecule has 2 aromatic rings. The van der Waals surface area contributed by atoms with Crippen molar-refractivity contribution in [3.05, 3.63) is 39.1 Å². The molecular formula is C13H15BrClN3O. The third-order valence-electron chi connectivity index (χ3n) is 2.77. The number of hydrogen-bond donors (Lipinski definition) is 1. The lowest BCUT2D eigenvalue weighted by Crippen LogP contribution is -2.03. The predicted octanol–water partition coefficient (Wildman–Crippen LogP) is 3.56. The molecule has 0 radical (unpaired) electrons. The fourth-order valence-electron chi connectivity index (χ4n) is 1.80. The second kappa shape index (κ2) is 5.84. The van der Waals surface area contributed by atoms with Crippen LogP contribution in [0.4, 0.5) is 5.69 Å². The number of nitrogens with zero attached hydrogens (tertiary/aromatic N) is 2. The van der Waals surface area contributed by atoms with Crippen molar-refractivity contribution in [2.24, 2.45) is 7.05 Å². The van der Waals surface area contributed by atoms with E-state index in [1.165, 1.54) is 0 Å². The molecule has 1 aromatic carbocycles. The topological polar surface area (TPSA) is 53.1 Å². The molecule has 2 N–H and O–H groups in total. The second-order valence-corrected chi connectivity index (χ2v) is 5.49. The van der Waals surface area contributed by atoms with Crippen LogP contribution in [0.25, 0.3) is 0 Å². The Morgan fingerprint density at radius 1 is 1.42 bits per heavy atom. The number of halogens is 2. The zero-order chi connectivity index (χ0) is 14.0. The number of rotatable bonds is 4. The number of nitrogens with two attached hydrogens (primary N) is 1. The van der Waals surface area contributed by atoms with Crippen LogP contribution in [0, 0.1) is 0 Å². The number of aromatic nitrogens is 2. The fourth-order valence-corrected chi connectivity index (χ4v) is 2.63. The van der Waals surface area contributed by atoms with Gasteiger partial charge in [0.1, 0.15) is 12.4 Å². The van der Waals surface area contributed by atoms with Crippen LogP contribution in [0.1, 0.15) is 18.3 Å². The van der Waals surface area contributed by atoms with Gasteiger partial charge in [-0.15, -0.1) is 0 Å². The van der Waals surface area contributed by atoms with Gasteiger partial charge in [-0.2, -0.15) is 5.10 Å². The van der Waals surface area contributed by atoms with Gasteiger partial charge in [0.05, 0.1) is 16.4 Å². The predicted molar refractivity (Wildman–Crippen MR) is 80.5 cm³/mol. The standard InChI is InChI=1S/C13H15BrClN3O/c1-3-11-13(15)12(18(2)17-11)7-19-10-5-8(14)4-9(16)6-10/h4-6H,3,7,16H2,1-2H3. The van der Waals surface area contributed by atoms with E-state index in [0.717, 1.165) is 22.3 Å². The van der Waals surface area contributed by atoms with Crippen LogP contribution in [-0.4, -0.2) is 9.78 Å². The van der Waals surface area contributed by atoms with E-state index >= 15 is 0 Å². The Hall–Kier alpha value is -1.20. The highest BCUT2D eigenvalue weighted by Crippen LogP contribution is 2.26. The maximum atomic E-state index is 6.26. The van der Waals surface area contributed by atoms with E-state index in [9.17, 15) is 0 Å². The van der Waals surface area contributed by atoms with E-state index in [1.807, 2.05) is 26.1 Å². The van der Waals surface area contributed by atoms with Crippen molar-refractivity contribution < 1.29 is 4.74 Å². The molecule has 0 atom stereocenters. The van der Waals surface area contributed by atoms with E-state index in [-0.39, 0.29) is 0 Å². The van der Waals surface area contributed by atoms with E-state index < -0.39 is 0 Å². The van der Waals surface area contributed by atoms with Gasteiger partial charge in [-0.05, 0) is 18.6 Å². The van der Waals surface area contributed by atoms with Crippen molar-refractivity contribution in [1.29, 1.82) is 0 Å². The lowest BCUT2D eigenvalue weighted by atomic mass is 10.3. The first kappa shape index (κ1) is 14.2. The van der Waals surface area contributed by atoms with Crippen LogP contribution in [0.15, 0.2) is 22.7 Å². The highest BCUT2D eigenvalue weighted by Gasteiger charge is 2.13. The van der Waals surface area contributed by atoms with Crippen molar-refractivity contribution >= 4 is 33.2 Å². The van der Waals surface area contributed by atoms with Gasteiger partial charge in [0.2, 0.25) is 0 Å². The first-order valence-electron chi connectivity index (χ1n) is 5.90. The Morgan fingerprint density at radius 2 is 2.16 bits per heavy atom. The smallest absolute Gasteiger partial charge is 0.131 e. The van der Waals surface area contributed by atoms with Gasteiger partial charge in [-0.1, -0.05) is 34.5 Å². The SMILES string of the molecule is CCc1nn(C)c(COc2cc(N)cc(Br)c2)c1Cl. The van der Waals surface area contributed by atoms with Gasteiger partial charge in [0.25, 0.3) is 0 Å². The number of benzene rings is 1. The van der Waals surface area contributed by atoms with E-state index in [1.54, 1.807) is 10.7 Å². The van der Waals surface area contributed by atoms with E-state index in [4.69, 9.17) is 22.1 Å². The van der Waals surface area contributed by atoms with Crippen molar-refractivity contribution in [2.75, 3.05) is 5.73 Å². The molecule has 0 bridgehead atoms. The molecule has 0 aliphatic rings. The van der Waals surface area contributed by atoms with E-state index in [2.05, 4.69) is 21.0 Å². The molecule has 0 saturated carbocycles. The first-order valence-corrected chi connectivity index (χ1v) is 7.07. The molecule has 0 saturated heterocycles. The van der Waals surface area contributed by atoms with Gasteiger partial charge in [0, 0.05) is 23.3 Å². The molecule has 2 rings (SSSR count). The third-order valence-corrected chi connectivity index (χ3v) is 3.67. The summed E-state index contributed by atoms with van der Waals surface area (Å²) >= 11 is 9.64. The maximum absolute atomic E-state index is 6.26. The Labute approximate surface area is 125 Å². The monoisotopic (exact) mass is 343 g/mol. The summed E-state index contributed by atoms with van der Waals surface area (Å²) in [7, 11) is 1.86. The minimum atomic E-state index is 0.359. The van der Waals surface area contributed by atoms with Crippen LogP contribution < -0.4 is 10.5 Å².